The zero-order valence-corrected chi connectivity index (χ0v) is 10.2. The average Bonchev–Trinajstić information content (AvgIpc) is 2.54. The lowest BCUT2D eigenvalue weighted by molar-refractivity contribution is 0.0933. The molecule has 1 rings (SSSR count). The summed E-state index contributed by atoms with van der Waals surface area (Å²) in [6.07, 6.45) is 4.85. The number of amides is 1. The highest BCUT2D eigenvalue weighted by Gasteiger charge is 2.15. The Labute approximate surface area is 96.0 Å². The molecule has 1 aromatic heterocycles. The predicted octanol–water partition coefficient (Wildman–Crippen LogP) is 1.31. The van der Waals surface area contributed by atoms with E-state index in [9.17, 15) is 4.79 Å². The summed E-state index contributed by atoms with van der Waals surface area (Å²) in [6, 6.07) is 0.161. The number of aryl methyl sites for hydroxylation is 1. The third-order valence-corrected chi connectivity index (χ3v) is 2.44. The van der Waals surface area contributed by atoms with Gasteiger partial charge < -0.3 is 11.1 Å². The van der Waals surface area contributed by atoms with Crippen LogP contribution in [0.15, 0.2) is 6.20 Å². The number of unbranched alkanes of at least 4 members (excludes halogenated alkanes) is 1. The van der Waals surface area contributed by atoms with Crippen molar-refractivity contribution in [3.63, 3.8) is 0 Å². The summed E-state index contributed by atoms with van der Waals surface area (Å²) < 4.78 is 1.54. The number of aromatic nitrogens is 2. The van der Waals surface area contributed by atoms with Crippen LogP contribution in [0.4, 0.5) is 5.69 Å². The zero-order chi connectivity index (χ0) is 12.1. The van der Waals surface area contributed by atoms with Crippen LogP contribution in [0, 0.1) is 0 Å². The van der Waals surface area contributed by atoms with Crippen LogP contribution in [0.25, 0.3) is 0 Å². The Morgan fingerprint density at radius 1 is 1.69 bits per heavy atom. The fraction of sp³-hybridized carbons (Fsp3) is 0.636. The van der Waals surface area contributed by atoms with Gasteiger partial charge in [-0.3, -0.25) is 9.48 Å². The molecule has 5 heteroatoms. The third kappa shape index (κ3) is 3.25. The lowest BCUT2D eigenvalue weighted by Gasteiger charge is -2.12. The van der Waals surface area contributed by atoms with E-state index >= 15 is 0 Å². The van der Waals surface area contributed by atoms with E-state index in [4.69, 9.17) is 5.73 Å². The van der Waals surface area contributed by atoms with Gasteiger partial charge in [0.05, 0.1) is 5.69 Å². The highest BCUT2D eigenvalue weighted by Crippen LogP contribution is 2.08. The van der Waals surface area contributed by atoms with E-state index in [0.29, 0.717) is 11.4 Å². The van der Waals surface area contributed by atoms with E-state index in [1.165, 1.54) is 0 Å². The summed E-state index contributed by atoms with van der Waals surface area (Å²) in [5.74, 6) is -0.193. The Balaban J connectivity index is 2.55. The molecule has 1 aromatic rings. The number of carbonyl (C=O) groups excluding carboxylic acids is 1. The summed E-state index contributed by atoms with van der Waals surface area (Å²) in [5, 5.41) is 6.91. The van der Waals surface area contributed by atoms with E-state index in [1.54, 1.807) is 17.9 Å². The minimum atomic E-state index is -0.193. The Morgan fingerprint density at radius 3 is 2.88 bits per heavy atom. The van der Waals surface area contributed by atoms with Crippen LogP contribution in [-0.4, -0.2) is 21.7 Å². The van der Waals surface area contributed by atoms with Gasteiger partial charge in [-0.2, -0.15) is 5.10 Å². The molecule has 0 bridgehead atoms. The SMILES string of the molecule is CCCCC(C)NC(=O)c1nn(C)cc1N. The molecule has 0 aromatic carbocycles. The van der Waals surface area contributed by atoms with Crippen molar-refractivity contribution in [1.82, 2.24) is 15.1 Å². The fourth-order valence-corrected chi connectivity index (χ4v) is 1.56. The maximum atomic E-state index is 11.8. The van der Waals surface area contributed by atoms with E-state index in [1.807, 2.05) is 6.92 Å². The van der Waals surface area contributed by atoms with Gasteiger partial charge in [0, 0.05) is 19.3 Å². The molecular formula is C11H20N4O. The maximum Gasteiger partial charge on any atom is 0.274 e. The van der Waals surface area contributed by atoms with Crippen molar-refractivity contribution in [1.29, 1.82) is 0 Å². The van der Waals surface area contributed by atoms with E-state index in [0.717, 1.165) is 19.3 Å². The maximum absolute atomic E-state index is 11.8. The third-order valence-electron chi connectivity index (χ3n) is 2.44. The summed E-state index contributed by atoms with van der Waals surface area (Å²) in [5.41, 5.74) is 6.40. The molecular weight excluding hydrogens is 204 g/mol. The van der Waals surface area contributed by atoms with Gasteiger partial charge in [0.1, 0.15) is 0 Å². The van der Waals surface area contributed by atoms with Gasteiger partial charge in [-0.15, -0.1) is 0 Å². The lowest BCUT2D eigenvalue weighted by atomic mass is 10.1. The first kappa shape index (κ1) is 12.5. The first-order valence-corrected chi connectivity index (χ1v) is 5.64. The van der Waals surface area contributed by atoms with Crippen molar-refractivity contribution in [2.45, 2.75) is 39.2 Å². The second kappa shape index (κ2) is 5.53. The van der Waals surface area contributed by atoms with Crippen LogP contribution >= 0.6 is 0 Å². The zero-order valence-electron chi connectivity index (χ0n) is 10.2. The lowest BCUT2D eigenvalue weighted by Crippen LogP contribution is -2.33. The molecule has 0 aliphatic rings. The van der Waals surface area contributed by atoms with Crippen LogP contribution in [0.5, 0.6) is 0 Å². The molecule has 5 nitrogen and oxygen atoms in total. The molecule has 1 amide bonds. The largest absolute Gasteiger partial charge is 0.396 e. The van der Waals surface area contributed by atoms with Crippen molar-refractivity contribution >= 4 is 11.6 Å². The Kier molecular flexibility index (Phi) is 4.34. The molecule has 16 heavy (non-hydrogen) atoms. The van der Waals surface area contributed by atoms with Crippen LogP contribution in [0.3, 0.4) is 0 Å². The molecule has 1 heterocycles. The monoisotopic (exact) mass is 224 g/mol. The van der Waals surface area contributed by atoms with Crippen molar-refractivity contribution < 1.29 is 4.79 Å². The number of nitrogens with zero attached hydrogens (tertiary/aromatic N) is 2. The van der Waals surface area contributed by atoms with Crippen molar-refractivity contribution in [3.05, 3.63) is 11.9 Å². The standard InChI is InChI=1S/C11H20N4O/c1-4-5-6-8(2)13-11(16)10-9(12)7-15(3)14-10/h7-8H,4-6,12H2,1-3H3,(H,13,16). The van der Waals surface area contributed by atoms with E-state index in [2.05, 4.69) is 17.3 Å². The molecule has 0 radical (unpaired) electrons. The topological polar surface area (TPSA) is 72.9 Å². The van der Waals surface area contributed by atoms with Crippen molar-refractivity contribution in [2.75, 3.05) is 5.73 Å². The fourth-order valence-electron chi connectivity index (χ4n) is 1.56. The number of nitrogens with two attached hydrogens (primary N) is 1. The number of carbonyl (C=O) groups is 1. The Hall–Kier alpha value is -1.52. The highest BCUT2D eigenvalue weighted by molar-refractivity contribution is 5.97. The molecule has 0 saturated heterocycles. The number of anilines is 1. The number of rotatable bonds is 5. The van der Waals surface area contributed by atoms with Crippen LogP contribution in [0.2, 0.25) is 0 Å². The molecule has 0 aliphatic carbocycles. The first-order chi connectivity index (χ1) is 7.54. The van der Waals surface area contributed by atoms with Crippen LogP contribution in [0.1, 0.15) is 43.6 Å². The first-order valence-electron chi connectivity index (χ1n) is 5.64. The number of hydrogen-bond acceptors (Lipinski definition) is 3. The molecule has 0 fully saturated rings. The van der Waals surface area contributed by atoms with E-state index < -0.39 is 0 Å². The van der Waals surface area contributed by atoms with Gasteiger partial charge in [-0.05, 0) is 13.3 Å². The van der Waals surface area contributed by atoms with Crippen LogP contribution in [-0.2, 0) is 7.05 Å². The Morgan fingerprint density at radius 2 is 2.38 bits per heavy atom. The smallest absolute Gasteiger partial charge is 0.274 e. The van der Waals surface area contributed by atoms with Gasteiger partial charge in [-0.1, -0.05) is 19.8 Å². The normalized spacial score (nSPS) is 12.4. The molecule has 0 saturated carbocycles. The van der Waals surface area contributed by atoms with Crippen molar-refractivity contribution in [2.24, 2.45) is 7.05 Å². The molecule has 3 N–H and O–H groups in total. The number of nitrogens with one attached hydrogen (secondary N) is 1. The minimum absolute atomic E-state index is 0.161. The summed E-state index contributed by atoms with van der Waals surface area (Å²) in [6.45, 7) is 4.12. The van der Waals surface area contributed by atoms with Gasteiger partial charge in [0.25, 0.3) is 5.91 Å². The van der Waals surface area contributed by atoms with Gasteiger partial charge in [0.2, 0.25) is 0 Å². The summed E-state index contributed by atoms with van der Waals surface area (Å²) in [4.78, 5) is 11.8. The predicted molar refractivity (Wildman–Crippen MR) is 64.1 cm³/mol. The molecule has 0 spiro atoms. The summed E-state index contributed by atoms with van der Waals surface area (Å²) in [7, 11) is 1.74. The van der Waals surface area contributed by atoms with E-state index in [-0.39, 0.29) is 11.9 Å². The molecule has 0 aliphatic heterocycles. The molecule has 90 valence electrons. The number of hydrogen-bond donors (Lipinski definition) is 2. The Bertz CT molecular complexity index is 359. The summed E-state index contributed by atoms with van der Waals surface area (Å²) >= 11 is 0. The second-order valence-electron chi connectivity index (χ2n) is 4.12. The van der Waals surface area contributed by atoms with Crippen molar-refractivity contribution in [3.8, 4) is 0 Å². The molecule has 1 atom stereocenters. The quantitative estimate of drug-likeness (QED) is 0.792. The van der Waals surface area contributed by atoms with Gasteiger partial charge >= 0.3 is 0 Å². The van der Waals surface area contributed by atoms with Gasteiger partial charge in [0.15, 0.2) is 5.69 Å². The number of nitrogen functional groups attached to an aromatic ring is 1. The average molecular weight is 224 g/mol. The van der Waals surface area contributed by atoms with Crippen LogP contribution < -0.4 is 11.1 Å². The minimum Gasteiger partial charge on any atom is -0.396 e. The highest BCUT2D eigenvalue weighted by atomic mass is 16.2. The van der Waals surface area contributed by atoms with Gasteiger partial charge in [-0.25, -0.2) is 0 Å². The molecule has 1 unspecified atom stereocenters. The second-order valence-corrected chi connectivity index (χ2v) is 4.12.